The highest BCUT2D eigenvalue weighted by molar-refractivity contribution is 5.90. The summed E-state index contributed by atoms with van der Waals surface area (Å²) in [7, 11) is 1.62. The molecule has 2 amide bonds. The number of methoxy groups -OCH3 is 1. The molecule has 37 heavy (non-hydrogen) atoms. The second-order valence-electron chi connectivity index (χ2n) is 9.46. The van der Waals surface area contributed by atoms with Gasteiger partial charge in [-0.05, 0) is 43.7 Å². The van der Waals surface area contributed by atoms with Crippen molar-refractivity contribution in [3.63, 3.8) is 0 Å². The number of para-hydroxylation sites is 1. The second kappa shape index (κ2) is 11.8. The number of halogens is 2. The van der Waals surface area contributed by atoms with Crippen molar-refractivity contribution < 1.29 is 23.4 Å². The maximum atomic E-state index is 14.0. The number of carbonyl (C=O) groups is 1. The van der Waals surface area contributed by atoms with E-state index in [2.05, 4.69) is 20.6 Å². The van der Waals surface area contributed by atoms with E-state index in [1.165, 1.54) is 6.07 Å². The van der Waals surface area contributed by atoms with E-state index in [9.17, 15) is 18.7 Å². The monoisotopic (exact) mass is 513 g/mol. The molecule has 0 saturated carbocycles. The third-order valence-electron chi connectivity index (χ3n) is 6.64. The van der Waals surface area contributed by atoms with Gasteiger partial charge < -0.3 is 15.2 Å². The number of aliphatic hydroxyl groups excluding tert-OH is 1. The number of nitrogens with zero attached hydrogens (tertiary/aromatic N) is 3. The molecule has 0 radical (unpaired) electrons. The van der Waals surface area contributed by atoms with E-state index in [1.54, 1.807) is 24.8 Å². The Morgan fingerprint density at radius 2 is 1.95 bits per heavy atom. The van der Waals surface area contributed by atoms with Crippen molar-refractivity contribution >= 4 is 11.8 Å². The third kappa shape index (κ3) is 6.33. The Hall–Kier alpha value is -3.34. The van der Waals surface area contributed by atoms with E-state index in [0.717, 1.165) is 17.3 Å². The van der Waals surface area contributed by atoms with Gasteiger partial charge in [-0.1, -0.05) is 24.3 Å². The van der Waals surface area contributed by atoms with Crippen LogP contribution in [-0.4, -0.2) is 71.3 Å². The first-order chi connectivity index (χ1) is 17.8. The fourth-order valence-corrected chi connectivity index (χ4v) is 4.74. The van der Waals surface area contributed by atoms with Crippen molar-refractivity contribution in [2.45, 2.75) is 38.3 Å². The van der Waals surface area contributed by atoms with Crippen molar-refractivity contribution in [3.05, 3.63) is 77.0 Å². The van der Waals surface area contributed by atoms with Crippen LogP contribution in [0, 0.1) is 18.6 Å². The molecule has 3 atom stereocenters. The number of carbonyl (C=O) groups excluding carboxylic acids is 1. The number of likely N-dealkylation sites (tertiary alicyclic amines) is 1. The Balaban J connectivity index is 1.57. The van der Waals surface area contributed by atoms with Gasteiger partial charge in [0.15, 0.2) is 11.6 Å². The highest BCUT2D eigenvalue weighted by atomic mass is 19.2. The Morgan fingerprint density at radius 1 is 1.19 bits per heavy atom. The van der Waals surface area contributed by atoms with Gasteiger partial charge in [-0.3, -0.25) is 10.2 Å². The lowest BCUT2D eigenvalue weighted by Gasteiger charge is -2.21. The molecule has 0 unspecified atom stereocenters. The number of aromatic nitrogens is 2. The maximum Gasteiger partial charge on any atom is 0.320 e. The number of benzene rings is 2. The minimum atomic E-state index is -0.913. The predicted molar refractivity (Wildman–Crippen MR) is 137 cm³/mol. The molecular weight excluding hydrogens is 480 g/mol. The molecule has 3 N–H and O–H groups in total. The molecule has 10 heteroatoms. The van der Waals surface area contributed by atoms with Crippen molar-refractivity contribution in [2.24, 2.45) is 0 Å². The van der Waals surface area contributed by atoms with Crippen molar-refractivity contribution in [1.29, 1.82) is 0 Å². The molecule has 1 aromatic heterocycles. The Bertz CT molecular complexity index is 1220. The van der Waals surface area contributed by atoms with E-state index in [1.807, 2.05) is 37.3 Å². The molecule has 3 aromatic rings. The number of hydrogen-bond acceptors (Lipinski definition) is 5. The fraction of sp³-hybridized carbons (Fsp3) is 0.407. The van der Waals surface area contributed by atoms with Crippen LogP contribution in [0.3, 0.4) is 0 Å². The Morgan fingerprint density at radius 3 is 2.62 bits per heavy atom. The van der Waals surface area contributed by atoms with E-state index < -0.39 is 23.8 Å². The van der Waals surface area contributed by atoms with Gasteiger partial charge >= 0.3 is 6.03 Å². The van der Waals surface area contributed by atoms with Gasteiger partial charge in [0.1, 0.15) is 5.82 Å². The Labute approximate surface area is 215 Å². The zero-order valence-corrected chi connectivity index (χ0v) is 21.2. The van der Waals surface area contributed by atoms with Gasteiger partial charge in [-0.15, -0.1) is 0 Å². The minimum Gasteiger partial charge on any atom is -0.393 e. The second-order valence-corrected chi connectivity index (χ2v) is 9.46. The fourth-order valence-electron chi connectivity index (χ4n) is 4.74. The van der Waals surface area contributed by atoms with Crippen molar-refractivity contribution in [3.8, 4) is 5.69 Å². The summed E-state index contributed by atoms with van der Waals surface area (Å²) < 4.78 is 34.4. The minimum absolute atomic E-state index is 0.233. The lowest BCUT2D eigenvalue weighted by molar-refractivity contribution is 0.159. The van der Waals surface area contributed by atoms with Gasteiger partial charge in [-0.2, -0.15) is 5.10 Å². The van der Waals surface area contributed by atoms with E-state index in [4.69, 9.17) is 4.74 Å². The molecule has 0 aliphatic carbocycles. The number of ether oxygens (including phenoxy) is 1. The van der Waals surface area contributed by atoms with E-state index in [0.29, 0.717) is 49.7 Å². The average Bonchev–Trinajstić information content (AvgIpc) is 3.40. The summed E-state index contributed by atoms with van der Waals surface area (Å²) in [6.45, 7) is 5.81. The van der Waals surface area contributed by atoms with Crippen molar-refractivity contribution in [2.75, 3.05) is 38.7 Å². The highest BCUT2D eigenvalue weighted by Gasteiger charge is 2.35. The van der Waals surface area contributed by atoms with Crippen LogP contribution < -0.4 is 10.6 Å². The summed E-state index contributed by atoms with van der Waals surface area (Å²) in [6.07, 6.45) is -0.245. The summed E-state index contributed by atoms with van der Waals surface area (Å²) in [5.41, 5.74) is 2.82. The number of anilines is 1. The summed E-state index contributed by atoms with van der Waals surface area (Å²) in [5, 5.41) is 20.5. The molecule has 1 saturated heterocycles. The van der Waals surface area contributed by atoms with Crippen LogP contribution in [0.15, 0.2) is 48.5 Å². The highest BCUT2D eigenvalue weighted by Crippen LogP contribution is 2.29. The van der Waals surface area contributed by atoms with Gasteiger partial charge in [0.25, 0.3) is 0 Å². The van der Waals surface area contributed by atoms with Crippen molar-refractivity contribution in [1.82, 2.24) is 20.0 Å². The SMILES string of the molecule is COCCN1C[C@@H](NC(=O)Nc2c(C)c(C[C@@H](C)O)nn2-c2ccccc2)[C@H](c2ccc(F)c(F)c2)C1. The number of nitrogens with one attached hydrogen (secondary N) is 2. The maximum absolute atomic E-state index is 14.0. The number of hydrogen-bond donors (Lipinski definition) is 3. The largest absolute Gasteiger partial charge is 0.393 e. The van der Waals surface area contributed by atoms with Crippen LogP contribution in [-0.2, 0) is 11.2 Å². The molecule has 198 valence electrons. The molecule has 0 spiro atoms. The first kappa shape index (κ1) is 26.7. The van der Waals surface area contributed by atoms with Gasteiger partial charge in [0.05, 0.1) is 30.1 Å². The quantitative estimate of drug-likeness (QED) is 0.407. The molecular formula is C27H33F2N5O3. The smallest absolute Gasteiger partial charge is 0.320 e. The average molecular weight is 514 g/mol. The molecule has 2 aromatic carbocycles. The number of amides is 2. The molecule has 8 nitrogen and oxygen atoms in total. The summed E-state index contributed by atoms with van der Waals surface area (Å²) in [5.74, 6) is -1.55. The van der Waals surface area contributed by atoms with Crippen LogP contribution >= 0.6 is 0 Å². The number of aliphatic hydroxyl groups is 1. The lowest BCUT2D eigenvalue weighted by Crippen LogP contribution is -2.42. The molecule has 1 aliphatic rings. The number of rotatable bonds is 9. The topological polar surface area (TPSA) is 91.7 Å². The molecule has 1 aliphatic heterocycles. The third-order valence-corrected chi connectivity index (χ3v) is 6.64. The van der Waals surface area contributed by atoms with Gasteiger partial charge in [-0.25, -0.2) is 18.3 Å². The summed E-state index contributed by atoms with van der Waals surface area (Å²) in [6, 6.07) is 12.5. The van der Waals surface area contributed by atoms with E-state index in [-0.39, 0.29) is 12.0 Å². The number of urea groups is 1. The van der Waals surface area contributed by atoms with Gasteiger partial charge in [0.2, 0.25) is 0 Å². The Kier molecular flexibility index (Phi) is 8.52. The zero-order valence-electron chi connectivity index (χ0n) is 21.2. The standard InChI is InChI=1S/C27H33F2N5O3/c1-17(35)13-24-18(2)26(34(32-24)20-7-5-4-6-8-20)31-27(36)30-25-16-33(11-12-37-3)15-21(25)19-9-10-22(28)23(29)14-19/h4-10,14,17,21,25,35H,11-13,15-16H2,1-3H3,(H2,30,31,36)/t17-,21+,25-/m1/s1. The van der Waals surface area contributed by atoms with Crippen LogP contribution in [0.5, 0.6) is 0 Å². The molecule has 2 heterocycles. The van der Waals surface area contributed by atoms with Crippen LogP contribution in [0.25, 0.3) is 5.69 Å². The van der Waals surface area contributed by atoms with Crippen LogP contribution in [0.2, 0.25) is 0 Å². The lowest BCUT2D eigenvalue weighted by atomic mass is 9.94. The first-order valence-corrected chi connectivity index (χ1v) is 12.3. The molecule has 0 bridgehead atoms. The predicted octanol–water partition coefficient (Wildman–Crippen LogP) is 3.62. The van der Waals surface area contributed by atoms with Crippen LogP contribution in [0.1, 0.15) is 29.7 Å². The summed E-state index contributed by atoms with van der Waals surface area (Å²) in [4.78, 5) is 15.4. The van der Waals surface area contributed by atoms with Gasteiger partial charge in [0, 0.05) is 44.6 Å². The van der Waals surface area contributed by atoms with Crippen LogP contribution in [0.4, 0.5) is 19.4 Å². The first-order valence-electron chi connectivity index (χ1n) is 12.3. The van der Waals surface area contributed by atoms with E-state index >= 15 is 0 Å². The molecule has 1 fully saturated rings. The summed E-state index contributed by atoms with van der Waals surface area (Å²) >= 11 is 0. The molecule has 4 rings (SSSR count). The zero-order chi connectivity index (χ0) is 26.5. The normalized spacial score (nSPS) is 18.6.